The standard InChI is InChI=1S/C14H30O3Si/c1-10-8-14(5,16)9-11(12(10)15)17-18(6,7)13(2,3)4/h10-12,15-16H,8-9H2,1-7H3/t10-,11-,12+,14-/m1/s1. The molecule has 0 spiro atoms. The first-order valence-corrected chi connectivity index (χ1v) is 9.85. The van der Waals surface area contributed by atoms with Crippen LogP contribution in [0.15, 0.2) is 0 Å². The Balaban J connectivity index is 2.82. The third kappa shape index (κ3) is 3.56. The van der Waals surface area contributed by atoms with E-state index in [1.54, 1.807) is 0 Å². The molecule has 0 aromatic carbocycles. The first-order chi connectivity index (χ1) is 7.86. The zero-order chi connectivity index (χ0) is 14.4. The van der Waals surface area contributed by atoms with Gasteiger partial charge in [0.25, 0.3) is 0 Å². The van der Waals surface area contributed by atoms with E-state index in [1.165, 1.54) is 0 Å². The lowest BCUT2D eigenvalue weighted by Crippen LogP contribution is -2.54. The van der Waals surface area contributed by atoms with Gasteiger partial charge in [-0.2, -0.15) is 0 Å². The molecule has 0 radical (unpaired) electrons. The number of aliphatic hydroxyl groups is 2. The fraction of sp³-hybridized carbons (Fsp3) is 1.00. The largest absolute Gasteiger partial charge is 0.411 e. The normalized spacial score (nSPS) is 38.8. The summed E-state index contributed by atoms with van der Waals surface area (Å²) in [6.07, 6.45) is 0.486. The molecule has 4 heteroatoms. The van der Waals surface area contributed by atoms with Gasteiger partial charge in [-0.05, 0) is 37.4 Å². The maximum Gasteiger partial charge on any atom is 0.192 e. The number of rotatable bonds is 2. The molecule has 0 aliphatic heterocycles. The van der Waals surface area contributed by atoms with Crippen molar-refractivity contribution < 1.29 is 14.6 Å². The molecule has 108 valence electrons. The minimum atomic E-state index is -1.90. The first kappa shape index (κ1) is 16.2. The van der Waals surface area contributed by atoms with Crippen LogP contribution in [0.3, 0.4) is 0 Å². The molecule has 3 nitrogen and oxygen atoms in total. The van der Waals surface area contributed by atoms with Crippen molar-refractivity contribution in [1.29, 1.82) is 0 Å². The molecule has 4 atom stereocenters. The summed E-state index contributed by atoms with van der Waals surface area (Å²) in [7, 11) is -1.90. The van der Waals surface area contributed by atoms with Crippen molar-refractivity contribution in [3.05, 3.63) is 0 Å². The molecule has 0 unspecified atom stereocenters. The summed E-state index contributed by atoms with van der Waals surface area (Å²) >= 11 is 0. The van der Waals surface area contributed by atoms with Crippen LogP contribution in [0.4, 0.5) is 0 Å². The van der Waals surface area contributed by atoms with E-state index in [0.717, 1.165) is 0 Å². The summed E-state index contributed by atoms with van der Waals surface area (Å²) in [5.41, 5.74) is -0.717. The average molecular weight is 274 g/mol. The van der Waals surface area contributed by atoms with E-state index < -0.39 is 20.0 Å². The van der Waals surface area contributed by atoms with Gasteiger partial charge in [0.2, 0.25) is 0 Å². The molecule has 0 saturated heterocycles. The molecule has 1 aliphatic carbocycles. The maximum atomic E-state index is 10.3. The van der Waals surface area contributed by atoms with Crippen LogP contribution < -0.4 is 0 Å². The summed E-state index contributed by atoms with van der Waals surface area (Å²) in [4.78, 5) is 0. The minimum absolute atomic E-state index is 0.0866. The summed E-state index contributed by atoms with van der Waals surface area (Å²) < 4.78 is 6.29. The molecule has 2 N–H and O–H groups in total. The second-order valence-corrected chi connectivity index (χ2v) is 12.5. The van der Waals surface area contributed by atoms with Crippen LogP contribution >= 0.6 is 0 Å². The van der Waals surface area contributed by atoms with Crippen molar-refractivity contribution >= 4 is 8.32 Å². The van der Waals surface area contributed by atoms with Crippen molar-refractivity contribution in [3.63, 3.8) is 0 Å². The molecule has 0 heterocycles. The molecule has 0 amide bonds. The van der Waals surface area contributed by atoms with Crippen molar-refractivity contribution in [3.8, 4) is 0 Å². The minimum Gasteiger partial charge on any atom is -0.411 e. The SMILES string of the molecule is C[C@@H]1C[C@@](C)(O)C[C@@H](O[Si](C)(C)C(C)(C)C)[C@H]1O. The van der Waals surface area contributed by atoms with E-state index >= 15 is 0 Å². The van der Waals surface area contributed by atoms with Crippen LogP contribution in [0.2, 0.25) is 18.1 Å². The van der Waals surface area contributed by atoms with E-state index in [4.69, 9.17) is 4.43 Å². The Morgan fingerprint density at radius 2 is 1.72 bits per heavy atom. The van der Waals surface area contributed by atoms with E-state index in [1.807, 2.05) is 13.8 Å². The summed E-state index contributed by atoms with van der Waals surface area (Å²) in [6, 6.07) is 0. The Morgan fingerprint density at radius 1 is 1.22 bits per heavy atom. The van der Waals surface area contributed by atoms with Gasteiger partial charge < -0.3 is 14.6 Å². The highest BCUT2D eigenvalue weighted by Gasteiger charge is 2.46. The highest BCUT2D eigenvalue weighted by Crippen LogP contribution is 2.41. The van der Waals surface area contributed by atoms with Crippen LogP contribution in [0.5, 0.6) is 0 Å². The Morgan fingerprint density at radius 3 is 2.17 bits per heavy atom. The molecule has 1 saturated carbocycles. The molecule has 1 fully saturated rings. The van der Waals surface area contributed by atoms with Gasteiger partial charge >= 0.3 is 0 Å². The smallest absolute Gasteiger partial charge is 0.192 e. The lowest BCUT2D eigenvalue weighted by atomic mass is 9.77. The third-order valence-electron chi connectivity index (χ3n) is 4.62. The molecular weight excluding hydrogens is 244 g/mol. The van der Waals surface area contributed by atoms with Crippen molar-refractivity contribution in [2.75, 3.05) is 0 Å². The molecule has 1 aliphatic rings. The van der Waals surface area contributed by atoms with Crippen LogP contribution in [-0.2, 0) is 4.43 Å². The van der Waals surface area contributed by atoms with Gasteiger partial charge in [0.1, 0.15) is 0 Å². The maximum absolute atomic E-state index is 10.3. The fourth-order valence-electron chi connectivity index (χ4n) is 2.48. The molecule has 0 aromatic rings. The first-order valence-electron chi connectivity index (χ1n) is 6.94. The van der Waals surface area contributed by atoms with Gasteiger partial charge in [-0.1, -0.05) is 27.7 Å². The topological polar surface area (TPSA) is 49.7 Å². The average Bonchev–Trinajstić information content (AvgIpc) is 2.09. The van der Waals surface area contributed by atoms with Gasteiger partial charge in [-0.15, -0.1) is 0 Å². The second-order valence-electron chi connectivity index (χ2n) is 7.79. The van der Waals surface area contributed by atoms with Gasteiger partial charge in [-0.25, -0.2) is 0 Å². The highest BCUT2D eigenvalue weighted by atomic mass is 28.4. The monoisotopic (exact) mass is 274 g/mol. The van der Waals surface area contributed by atoms with Crippen LogP contribution in [0.1, 0.15) is 47.5 Å². The number of aliphatic hydroxyl groups excluding tert-OH is 1. The van der Waals surface area contributed by atoms with Crippen LogP contribution in [0, 0.1) is 5.92 Å². The van der Waals surface area contributed by atoms with Gasteiger partial charge in [0, 0.05) is 6.42 Å². The predicted molar refractivity (Wildman–Crippen MR) is 77.1 cm³/mol. The van der Waals surface area contributed by atoms with Crippen LogP contribution in [-0.4, -0.2) is 36.3 Å². The Hall–Kier alpha value is 0.0969. The van der Waals surface area contributed by atoms with E-state index in [2.05, 4.69) is 33.9 Å². The highest BCUT2D eigenvalue weighted by molar-refractivity contribution is 6.74. The fourth-order valence-corrected chi connectivity index (χ4v) is 3.82. The number of hydrogen-bond acceptors (Lipinski definition) is 3. The van der Waals surface area contributed by atoms with E-state index in [0.29, 0.717) is 12.8 Å². The van der Waals surface area contributed by atoms with Crippen LogP contribution in [0.25, 0.3) is 0 Å². The zero-order valence-electron chi connectivity index (χ0n) is 12.9. The van der Waals surface area contributed by atoms with Gasteiger partial charge in [0.05, 0.1) is 17.8 Å². The molecule has 0 aromatic heterocycles. The summed E-state index contributed by atoms with van der Waals surface area (Å²) in [6.45, 7) is 14.8. The van der Waals surface area contributed by atoms with Gasteiger partial charge in [-0.3, -0.25) is 0 Å². The second kappa shape index (κ2) is 4.89. The van der Waals surface area contributed by atoms with Crippen molar-refractivity contribution in [2.24, 2.45) is 5.92 Å². The zero-order valence-corrected chi connectivity index (χ0v) is 13.9. The molecule has 1 rings (SSSR count). The summed E-state index contributed by atoms with van der Waals surface area (Å²) in [5, 5.41) is 20.7. The van der Waals surface area contributed by atoms with E-state index in [-0.39, 0.29) is 17.1 Å². The lowest BCUT2D eigenvalue weighted by molar-refractivity contribution is -0.111. The predicted octanol–water partition coefficient (Wildman–Crippen LogP) is 2.92. The Labute approximate surface area is 113 Å². The quantitative estimate of drug-likeness (QED) is 0.761. The van der Waals surface area contributed by atoms with Crippen molar-refractivity contribution in [2.45, 2.75) is 83.4 Å². The van der Waals surface area contributed by atoms with Crippen molar-refractivity contribution in [1.82, 2.24) is 0 Å². The molecule has 18 heavy (non-hydrogen) atoms. The molecular formula is C14H30O3Si. The number of hydrogen-bond donors (Lipinski definition) is 2. The summed E-state index contributed by atoms with van der Waals surface area (Å²) in [5.74, 6) is 0.0866. The molecule has 0 bridgehead atoms. The van der Waals surface area contributed by atoms with E-state index in [9.17, 15) is 10.2 Å². The lowest BCUT2D eigenvalue weighted by Gasteiger charge is -2.46. The Bertz CT molecular complexity index is 294. The third-order valence-corrected chi connectivity index (χ3v) is 9.12. The van der Waals surface area contributed by atoms with Gasteiger partial charge in [0.15, 0.2) is 8.32 Å². The Kier molecular flexibility index (Phi) is 4.39.